The van der Waals surface area contributed by atoms with Crippen LogP contribution in [-0.2, 0) is 9.53 Å². The molecule has 19 heavy (non-hydrogen) atoms. The van der Waals surface area contributed by atoms with Gasteiger partial charge in [-0.05, 0) is 19.4 Å². The summed E-state index contributed by atoms with van der Waals surface area (Å²) < 4.78 is 5.10. The number of carbonyl (C=O) groups is 1. The molecule has 0 aliphatic carbocycles. The van der Waals surface area contributed by atoms with Gasteiger partial charge < -0.3 is 15.4 Å². The van der Waals surface area contributed by atoms with Crippen molar-refractivity contribution >= 4 is 5.91 Å². The number of amides is 1. The van der Waals surface area contributed by atoms with Gasteiger partial charge in [0.2, 0.25) is 5.91 Å². The van der Waals surface area contributed by atoms with Gasteiger partial charge in [-0.2, -0.15) is 0 Å². The summed E-state index contributed by atoms with van der Waals surface area (Å²) in [5.74, 6) is 0.127. The maximum Gasteiger partial charge on any atom is 0.239 e. The van der Waals surface area contributed by atoms with Gasteiger partial charge in [0.1, 0.15) is 0 Å². The Bertz CT molecular complexity index is 261. The second-order valence-corrected chi connectivity index (χ2v) is 5.26. The van der Waals surface area contributed by atoms with Gasteiger partial charge >= 0.3 is 0 Å². The number of nitrogens with zero attached hydrogens (tertiary/aromatic N) is 2. The molecule has 0 unspecified atom stereocenters. The summed E-state index contributed by atoms with van der Waals surface area (Å²) in [7, 11) is 1.72. The average molecular weight is 271 g/mol. The van der Waals surface area contributed by atoms with Gasteiger partial charge in [-0.15, -0.1) is 0 Å². The largest absolute Gasteiger partial charge is 0.383 e. The average Bonchev–Trinajstić information content (AvgIpc) is 2.67. The summed E-state index contributed by atoms with van der Waals surface area (Å²) in [4.78, 5) is 16.5. The maximum atomic E-state index is 12.2. The fourth-order valence-electron chi connectivity index (χ4n) is 2.42. The topological polar surface area (TPSA) is 58.8 Å². The summed E-state index contributed by atoms with van der Waals surface area (Å²) in [5, 5.41) is 0. The molecule has 0 spiro atoms. The zero-order valence-corrected chi connectivity index (χ0v) is 12.4. The van der Waals surface area contributed by atoms with E-state index in [0.717, 1.165) is 65.0 Å². The molecule has 1 atom stereocenters. The van der Waals surface area contributed by atoms with Crippen molar-refractivity contribution in [1.82, 2.24) is 9.80 Å². The summed E-state index contributed by atoms with van der Waals surface area (Å²) in [6, 6.07) is -0.314. The molecular weight excluding hydrogens is 242 g/mol. The summed E-state index contributed by atoms with van der Waals surface area (Å²) in [6.45, 7) is 7.42. The van der Waals surface area contributed by atoms with Crippen molar-refractivity contribution in [2.45, 2.75) is 38.6 Å². The molecule has 0 radical (unpaired) electrons. The van der Waals surface area contributed by atoms with Crippen LogP contribution in [0.4, 0.5) is 0 Å². The highest BCUT2D eigenvalue weighted by atomic mass is 16.5. The van der Waals surface area contributed by atoms with E-state index in [1.807, 2.05) is 4.90 Å². The van der Waals surface area contributed by atoms with E-state index in [-0.39, 0.29) is 11.9 Å². The van der Waals surface area contributed by atoms with E-state index in [0.29, 0.717) is 0 Å². The first-order valence-electron chi connectivity index (χ1n) is 7.44. The van der Waals surface area contributed by atoms with Gasteiger partial charge in [0.05, 0.1) is 12.6 Å². The van der Waals surface area contributed by atoms with Gasteiger partial charge in [-0.3, -0.25) is 9.69 Å². The molecule has 0 bridgehead atoms. The Morgan fingerprint density at radius 2 is 2.11 bits per heavy atom. The lowest BCUT2D eigenvalue weighted by molar-refractivity contribution is -0.132. The van der Waals surface area contributed by atoms with Crippen LogP contribution in [0.1, 0.15) is 32.6 Å². The SMILES string of the molecule is CCCC[C@H](N)C(=O)N1CCCN(CCOC)CC1. The summed E-state index contributed by atoms with van der Waals surface area (Å²) in [6.07, 6.45) is 3.95. The second-order valence-electron chi connectivity index (χ2n) is 5.26. The van der Waals surface area contributed by atoms with Crippen LogP contribution >= 0.6 is 0 Å². The first-order valence-corrected chi connectivity index (χ1v) is 7.44. The Kier molecular flexibility index (Phi) is 8.02. The van der Waals surface area contributed by atoms with E-state index in [4.69, 9.17) is 10.5 Å². The number of methoxy groups -OCH3 is 1. The van der Waals surface area contributed by atoms with Gasteiger partial charge in [0.25, 0.3) is 0 Å². The summed E-state index contributed by atoms with van der Waals surface area (Å²) in [5.41, 5.74) is 5.98. The first-order chi connectivity index (χ1) is 9.19. The second kappa shape index (κ2) is 9.28. The molecule has 0 aromatic carbocycles. The Morgan fingerprint density at radius 1 is 1.32 bits per heavy atom. The fourth-order valence-corrected chi connectivity index (χ4v) is 2.42. The van der Waals surface area contributed by atoms with Crippen molar-refractivity contribution in [2.24, 2.45) is 5.73 Å². The number of carbonyl (C=O) groups excluding carboxylic acids is 1. The number of ether oxygens (including phenoxy) is 1. The van der Waals surface area contributed by atoms with Crippen molar-refractivity contribution < 1.29 is 9.53 Å². The number of hydrogen-bond donors (Lipinski definition) is 1. The van der Waals surface area contributed by atoms with Crippen LogP contribution in [0.25, 0.3) is 0 Å². The first kappa shape index (κ1) is 16.4. The quantitative estimate of drug-likeness (QED) is 0.740. The molecule has 0 saturated carbocycles. The molecular formula is C14H29N3O2. The van der Waals surface area contributed by atoms with E-state index in [9.17, 15) is 4.79 Å². The molecule has 1 aliphatic heterocycles. The van der Waals surface area contributed by atoms with E-state index in [1.54, 1.807) is 7.11 Å². The van der Waals surface area contributed by atoms with Crippen LogP contribution in [-0.4, -0.2) is 68.2 Å². The Balaban J connectivity index is 2.36. The van der Waals surface area contributed by atoms with Gasteiger partial charge in [-0.1, -0.05) is 19.8 Å². The fraction of sp³-hybridized carbons (Fsp3) is 0.929. The lowest BCUT2D eigenvalue weighted by atomic mass is 10.1. The smallest absolute Gasteiger partial charge is 0.239 e. The molecule has 1 amide bonds. The van der Waals surface area contributed by atoms with Crippen LogP contribution < -0.4 is 5.73 Å². The standard InChI is InChI=1S/C14H29N3O2/c1-3-4-6-13(15)14(18)17-8-5-7-16(9-10-17)11-12-19-2/h13H,3-12,15H2,1-2H3/t13-/m0/s1. The Morgan fingerprint density at radius 3 is 2.79 bits per heavy atom. The molecule has 1 fully saturated rings. The lowest BCUT2D eigenvalue weighted by Gasteiger charge is -2.24. The van der Waals surface area contributed by atoms with Crippen LogP contribution in [0.3, 0.4) is 0 Å². The third kappa shape index (κ3) is 5.89. The third-order valence-electron chi connectivity index (χ3n) is 3.70. The monoisotopic (exact) mass is 271 g/mol. The minimum absolute atomic E-state index is 0.127. The highest BCUT2D eigenvalue weighted by molar-refractivity contribution is 5.81. The molecule has 5 heteroatoms. The number of rotatable bonds is 7. The van der Waals surface area contributed by atoms with Crippen LogP contribution in [0.15, 0.2) is 0 Å². The van der Waals surface area contributed by atoms with E-state index >= 15 is 0 Å². The predicted octanol–water partition coefficient (Wildman–Crippen LogP) is 0.685. The van der Waals surface area contributed by atoms with Crippen molar-refractivity contribution in [2.75, 3.05) is 46.4 Å². The minimum atomic E-state index is -0.314. The zero-order chi connectivity index (χ0) is 14.1. The normalized spacial score (nSPS) is 19.2. The maximum absolute atomic E-state index is 12.2. The van der Waals surface area contributed by atoms with Crippen LogP contribution in [0, 0.1) is 0 Å². The molecule has 2 N–H and O–H groups in total. The van der Waals surface area contributed by atoms with Crippen molar-refractivity contribution in [1.29, 1.82) is 0 Å². The van der Waals surface area contributed by atoms with Crippen molar-refractivity contribution in [3.05, 3.63) is 0 Å². The van der Waals surface area contributed by atoms with Crippen LogP contribution in [0.2, 0.25) is 0 Å². The highest BCUT2D eigenvalue weighted by Crippen LogP contribution is 2.07. The molecule has 5 nitrogen and oxygen atoms in total. The molecule has 0 aromatic rings. The van der Waals surface area contributed by atoms with E-state index in [1.165, 1.54) is 0 Å². The molecule has 1 saturated heterocycles. The number of unbranched alkanes of at least 4 members (excludes halogenated alkanes) is 1. The third-order valence-corrected chi connectivity index (χ3v) is 3.70. The van der Waals surface area contributed by atoms with E-state index in [2.05, 4.69) is 11.8 Å². The van der Waals surface area contributed by atoms with Gasteiger partial charge in [0.15, 0.2) is 0 Å². The zero-order valence-electron chi connectivity index (χ0n) is 12.4. The lowest BCUT2D eigenvalue weighted by Crippen LogP contribution is -2.45. The number of nitrogens with two attached hydrogens (primary N) is 1. The molecule has 1 aliphatic rings. The van der Waals surface area contributed by atoms with Gasteiger partial charge in [0, 0.05) is 33.3 Å². The Hall–Kier alpha value is -0.650. The van der Waals surface area contributed by atoms with E-state index < -0.39 is 0 Å². The van der Waals surface area contributed by atoms with Crippen molar-refractivity contribution in [3.8, 4) is 0 Å². The predicted molar refractivity (Wildman–Crippen MR) is 77.0 cm³/mol. The highest BCUT2D eigenvalue weighted by Gasteiger charge is 2.23. The summed E-state index contributed by atoms with van der Waals surface area (Å²) >= 11 is 0. The van der Waals surface area contributed by atoms with Gasteiger partial charge in [-0.25, -0.2) is 0 Å². The van der Waals surface area contributed by atoms with Crippen LogP contribution in [0.5, 0.6) is 0 Å². The molecule has 1 rings (SSSR count). The Labute approximate surface area is 117 Å². The van der Waals surface area contributed by atoms with Crippen molar-refractivity contribution in [3.63, 3.8) is 0 Å². The molecule has 0 aromatic heterocycles. The minimum Gasteiger partial charge on any atom is -0.383 e. The molecule has 112 valence electrons. The molecule has 1 heterocycles. The number of hydrogen-bond acceptors (Lipinski definition) is 4.